The molecule has 0 aliphatic heterocycles. The van der Waals surface area contributed by atoms with E-state index >= 15 is 0 Å². The van der Waals surface area contributed by atoms with Gasteiger partial charge in [0.2, 0.25) is 0 Å². The van der Waals surface area contributed by atoms with Gasteiger partial charge in [-0.05, 0) is 37.5 Å². The zero-order chi connectivity index (χ0) is 15.3. The first-order chi connectivity index (χ1) is 10.0. The van der Waals surface area contributed by atoms with Gasteiger partial charge >= 0.3 is 5.97 Å². The molecule has 0 aromatic heterocycles. The van der Waals surface area contributed by atoms with Gasteiger partial charge in [-0.1, -0.05) is 47.3 Å². The quantitative estimate of drug-likeness (QED) is 0.817. The first kappa shape index (κ1) is 16.5. The van der Waals surface area contributed by atoms with E-state index in [1.165, 1.54) is 26.4 Å². The van der Waals surface area contributed by atoms with Crippen LogP contribution in [0.25, 0.3) is 0 Å². The second kappa shape index (κ2) is 7.41. The number of esters is 1. The largest absolute Gasteiger partial charge is 0.468 e. The minimum atomic E-state index is -0.662. The molecule has 1 atom stereocenters. The molecule has 0 amide bonds. The second-order valence-corrected chi connectivity index (χ2v) is 7.02. The lowest BCUT2D eigenvalue weighted by atomic mass is 9.88. The van der Waals surface area contributed by atoms with Crippen molar-refractivity contribution < 1.29 is 9.53 Å². The van der Waals surface area contributed by atoms with Gasteiger partial charge in [0.1, 0.15) is 5.54 Å². The van der Waals surface area contributed by atoms with Crippen molar-refractivity contribution in [3.8, 4) is 0 Å². The molecule has 4 heteroatoms. The first-order valence-electron chi connectivity index (χ1n) is 7.64. The Morgan fingerprint density at radius 3 is 2.48 bits per heavy atom. The number of benzene rings is 1. The Labute approximate surface area is 135 Å². The molecule has 1 aliphatic carbocycles. The fourth-order valence-electron chi connectivity index (χ4n) is 3.12. The molecule has 1 aliphatic rings. The highest BCUT2D eigenvalue weighted by atomic mass is 79.9. The number of hydrogen-bond donors (Lipinski definition) is 1. The number of ether oxygens (including phenoxy) is 1. The number of halogens is 1. The van der Waals surface area contributed by atoms with Gasteiger partial charge in [0.25, 0.3) is 0 Å². The Morgan fingerprint density at radius 1 is 1.29 bits per heavy atom. The number of nitrogens with one attached hydrogen (secondary N) is 1. The summed E-state index contributed by atoms with van der Waals surface area (Å²) in [6, 6.07) is 8.53. The lowest BCUT2D eigenvalue weighted by Gasteiger charge is -2.34. The summed E-state index contributed by atoms with van der Waals surface area (Å²) in [6.07, 6.45) is 6.73. The predicted molar refractivity (Wildman–Crippen MR) is 88.3 cm³/mol. The Kier molecular flexibility index (Phi) is 5.82. The Hall–Kier alpha value is -0.870. The van der Waals surface area contributed by atoms with Gasteiger partial charge in [-0.25, -0.2) is 0 Å². The summed E-state index contributed by atoms with van der Waals surface area (Å²) in [7, 11) is 1.46. The number of rotatable bonds is 5. The van der Waals surface area contributed by atoms with E-state index in [2.05, 4.69) is 21.2 Å². The fourth-order valence-corrected chi connectivity index (χ4v) is 3.38. The minimum absolute atomic E-state index is 0.184. The Morgan fingerprint density at radius 2 is 1.90 bits per heavy atom. The summed E-state index contributed by atoms with van der Waals surface area (Å²) in [5.41, 5.74) is 0.472. The van der Waals surface area contributed by atoms with Gasteiger partial charge in [0.05, 0.1) is 7.11 Å². The van der Waals surface area contributed by atoms with Crippen LogP contribution in [-0.2, 0) is 16.0 Å². The second-order valence-electron chi connectivity index (χ2n) is 6.11. The molecule has 0 bridgehead atoms. The van der Waals surface area contributed by atoms with Crippen molar-refractivity contribution in [3.05, 3.63) is 34.3 Å². The third kappa shape index (κ3) is 4.55. The van der Waals surface area contributed by atoms with E-state index in [4.69, 9.17) is 4.74 Å². The van der Waals surface area contributed by atoms with Gasteiger partial charge in [0.15, 0.2) is 0 Å². The SMILES string of the molecule is COC(=O)C(C)(Cc1ccc(Br)cc1)NC1CCCCC1. The predicted octanol–water partition coefficient (Wildman–Crippen LogP) is 3.85. The maximum atomic E-state index is 12.3. The Bertz CT molecular complexity index is 468. The molecule has 3 nitrogen and oxygen atoms in total. The minimum Gasteiger partial charge on any atom is -0.468 e. The topological polar surface area (TPSA) is 38.3 Å². The molecule has 1 N–H and O–H groups in total. The summed E-state index contributed by atoms with van der Waals surface area (Å²) < 4.78 is 6.09. The van der Waals surface area contributed by atoms with Crippen molar-refractivity contribution in [3.63, 3.8) is 0 Å². The molecular weight excluding hydrogens is 330 g/mol. The average molecular weight is 354 g/mol. The van der Waals surface area contributed by atoms with Crippen molar-refractivity contribution in [2.45, 2.75) is 57.0 Å². The van der Waals surface area contributed by atoms with Crippen LogP contribution in [-0.4, -0.2) is 24.7 Å². The van der Waals surface area contributed by atoms with Crippen molar-refractivity contribution in [2.75, 3.05) is 7.11 Å². The maximum Gasteiger partial charge on any atom is 0.326 e. The molecule has 0 radical (unpaired) electrons. The van der Waals surface area contributed by atoms with E-state index in [-0.39, 0.29) is 5.97 Å². The van der Waals surface area contributed by atoms with Crippen molar-refractivity contribution >= 4 is 21.9 Å². The third-order valence-corrected chi connectivity index (χ3v) is 4.76. The monoisotopic (exact) mass is 353 g/mol. The zero-order valence-electron chi connectivity index (χ0n) is 12.8. The number of carbonyl (C=O) groups is 1. The van der Waals surface area contributed by atoms with Gasteiger partial charge in [-0.3, -0.25) is 10.1 Å². The van der Waals surface area contributed by atoms with Gasteiger partial charge in [-0.15, -0.1) is 0 Å². The molecule has 0 heterocycles. The zero-order valence-corrected chi connectivity index (χ0v) is 14.4. The van der Waals surface area contributed by atoms with Crippen molar-refractivity contribution in [2.24, 2.45) is 0 Å². The molecular formula is C17H24BrNO2. The first-order valence-corrected chi connectivity index (χ1v) is 8.43. The molecule has 0 saturated heterocycles. The summed E-state index contributed by atoms with van der Waals surface area (Å²) in [5, 5.41) is 3.56. The molecule has 2 rings (SSSR count). The highest BCUT2D eigenvalue weighted by molar-refractivity contribution is 9.10. The number of methoxy groups -OCH3 is 1. The van der Waals surface area contributed by atoms with Crippen LogP contribution in [0, 0.1) is 0 Å². The molecule has 1 aromatic carbocycles. The summed E-state index contributed by atoms with van der Waals surface area (Å²) in [4.78, 5) is 12.3. The van der Waals surface area contributed by atoms with E-state index in [1.807, 2.05) is 31.2 Å². The normalized spacial score (nSPS) is 19.0. The molecule has 1 saturated carbocycles. The maximum absolute atomic E-state index is 12.3. The van der Waals surface area contributed by atoms with Gasteiger partial charge in [0, 0.05) is 16.9 Å². The molecule has 1 unspecified atom stereocenters. The molecule has 1 fully saturated rings. The van der Waals surface area contributed by atoms with Crippen LogP contribution in [0.1, 0.15) is 44.6 Å². The van der Waals surface area contributed by atoms with Crippen molar-refractivity contribution in [1.29, 1.82) is 0 Å². The van der Waals surface area contributed by atoms with E-state index in [9.17, 15) is 4.79 Å². The van der Waals surface area contributed by atoms with Gasteiger partial charge in [-0.2, -0.15) is 0 Å². The Balaban J connectivity index is 2.11. The smallest absolute Gasteiger partial charge is 0.326 e. The fraction of sp³-hybridized carbons (Fsp3) is 0.588. The van der Waals surface area contributed by atoms with Gasteiger partial charge < -0.3 is 4.74 Å². The molecule has 1 aromatic rings. The van der Waals surface area contributed by atoms with Crippen molar-refractivity contribution in [1.82, 2.24) is 5.32 Å². The third-order valence-electron chi connectivity index (χ3n) is 4.23. The van der Waals surface area contributed by atoms with Crippen LogP contribution >= 0.6 is 15.9 Å². The highest BCUT2D eigenvalue weighted by Gasteiger charge is 2.36. The summed E-state index contributed by atoms with van der Waals surface area (Å²) >= 11 is 3.44. The van der Waals surface area contributed by atoms with E-state index in [0.29, 0.717) is 12.5 Å². The van der Waals surface area contributed by atoms with E-state index < -0.39 is 5.54 Å². The van der Waals surface area contributed by atoms with Crippen LogP contribution in [0.15, 0.2) is 28.7 Å². The highest BCUT2D eigenvalue weighted by Crippen LogP contribution is 2.23. The molecule has 0 spiro atoms. The summed E-state index contributed by atoms with van der Waals surface area (Å²) in [5.74, 6) is -0.184. The lowest BCUT2D eigenvalue weighted by Crippen LogP contribution is -2.56. The summed E-state index contributed by atoms with van der Waals surface area (Å²) in [6.45, 7) is 1.95. The van der Waals surface area contributed by atoms with Crippen LogP contribution in [0.5, 0.6) is 0 Å². The molecule has 116 valence electrons. The van der Waals surface area contributed by atoms with E-state index in [0.717, 1.165) is 22.9 Å². The standard InChI is InChI=1S/C17H24BrNO2/c1-17(16(20)21-2,19-15-6-4-3-5-7-15)12-13-8-10-14(18)11-9-13/h8-11,15,19H,3-7,12H2,1-2H3. The molecule has 21 heavy (non-hydrogen) atoms. The lowest BCUT2D eigenvalue weighted by molar-refractivity contribution is -0.148. The van der Waals surface area contributed by atoms with Crippen LogP contribution in [0.2, 0.25) is 0 Å². The van der Waals surface area contributed by atoms with Crippen LogP contribution in [0.3, 0.4) is 0 Å². The van der Waals surface area contributed by atoms with E-state index in [1.54, 1.807) is 0 Å². The number of hydrogen-bond acceptors (Lipinski definition) is 3. The average Bonchev–Trinajstić information content (AvgIpc) is 2.49. The number of carbonyl (C=O) groups excluding carboxylic acids is 1. The van der Waals surface area contributed by atoms with Crippen LogP contribution in [0.4, 0.5) is 0 Å². The van der Waals surface area contributed by atoms with Crippen LogP contribution < -0.4 is 5.32 Å².